The maximum Gasteiger partial charge on any atom is 0.226 e. The molecule has 1 amide bonds. The number of nitrogens with zero attached hydrogens (tertiary/aromatic N) is 1. The molecule has 4 atom stereocenters. The van der Waals surface area contributed by atoms with E-state index in [2.05, 4.69) is 20.8 Å². The minimum absolute atomic E-state index is 0.441. The van der Waals surface area contributed by atoms with Crippen LogP contribution < -0.4 is 0 Å². The van der Waals surface area contributed by atoms with Crippen molar-refractivity contribution in [3.8, 4) is 0 Å². The van der Waals surface area contributed by atoms with Crippen molar-refractivity contribution in [1.29, 1.82) is 0 Å². The number of hydrogen-bond acceptors (Lipinski definition) is 1. The maximum atomic E-state index is 12.8. The van der Waals surface area contributed by atoms with E-state index in [9.17, 15) is 4.79 Å². The third kappa shape index (κ3) is 1.55. The number of carbonyl (C=O) groups excluding carboxylic acids is 1. The van der Waals surface area contributed by atoms with E-state index in [0.717, 1.165) is 35.5 Å². The van der Waals surface area contributed by atoms with Crippen LogP contribution in [0.2, 0.25) is 0 Å². The smallest absolute Gasteiger partial charge is 0.226 e. The van der Waals surface area contributed by atoms with Gasteiger partial charge >= 0.3 is 0 Å². The van der Waals surface area contributed by atoms with Crippen molar-refractivity contribution in [2.75, 3.05) is 11.9 Å². The van der Waals surface area contributed by atoms with Crippen LogP contribution >= 0.6 is 15.9 Å². The number of carbonyl (C=O) groups is 1. The Hall–Kier alpha value is -0.0500. The van der Waals surface area contributed by atoms with Gasteiger partial charge in [-0.15, -0.1) is 0 Å². The summed E-state index contributed by atoms with van der Waals surface area (Å²) < 4.78 is 0. The number of fused-ring (bicyclic) bond motifs is 5. The largest absolute Gasteiger partial charge is 0.339 e. The van der Waals surface area contributed by atoms with E-state index in [1.165, 1.54) is 38.5 Å². The monoisotopic (exact) mass is 311 g/mol. The van der Waals surface area contributed by atoms with E-state index in [1.54, 1.807) is 0 Å². The van der Waals surface area contributed by atoms with E-state index in [4.69, 9.17) is 0 Å². The topological polar surface area (TPSA) is 20.3 Å². The number of amides is 1. The standard InChI is InChI=1S/C15H22BrNO/c16-6-7-17(11-2-1-3-11)15(18)14-12-9-4-5-10(8-9)13(12)14/h9-14H,1-8H2. The normalized spacial score (nSPS) is 44.6. The van der Waals surface area contributed by atoms with Gasteiger partial charge in [0.1, 0.15) is 0 Å². The van der Waals surface area contributed by atoms with E-state index < -0.39 is 0 Å². The highest BCUT2D eigenvalue weighted by molar-refractivity contribution is 9.09. The Labute approximate surface area is 118 Å². The SMILES string of the molecule is O=C(C1C2C3CCC(C3)C12)N(CCBr)C1CCC1. The van der Waals surface area contributed by atoms with Crippen molar-refractivity contribution in [3.05, 3.63) is 0 Å². The highest BCUT2D eigenvalue weighted by atomic mass is 79.9. The molecule has 4 aliphatic carbocycles. The Bertz CT molecular complexity index is 352. The second kappa shape index (κ2) is 4.22. The Morgan fingerprint density at radius 1 is 1.11 bits per heavy atom. The van der Waals surface area contributed by atoms with Gasteiger partial charge in [-0.3, -0.25) is 4.79 Å². The molecule has 100 valence electrons. The number of rotatable bonds is 4. The molecule has 0 aromatic heterocycles. The lowest BCUT2D eigenvalue weighted by Gasteiger charge is -2.38. The summed E-state index contributed by atoms with van der Waals surface area (Å²) in [4.78, 5) is 15.0. The van der Waals surface area contributed by atoms with Crippen molar-refractivity contribution in [2.45, 2.75) is 44.6 Å². The van der Waals surface area contributed by atoms with E-state index in [1.807, 2.05) is 0 Å². The summed E-state index contributed by atoms with van der Waals surface area (Å²) in [6.07, 6.45) is 8.08. The summed E-state index contributed by atoms with van der Waals surface area (Å²) in [7, 11) is 0. The summed E-state index contributed by atoms with van der Waals surface area (Å²) in [5, 5.41) is 0.935. The van der Waals surface area contributed by atoms with Crippen LogP contribution in [-0.2, 0) is 4.79 Å². The fourth-order valence-electron chi connectivity index (χ4n) is 5.11. The van der Waals surface area contributed by atoms with Crippen LogP contribution in [0.15, 0.2) is 0 Å². The van der Waals surface area contributed by atoms with Crippen molar-refractivity contribution in [2.24, 2.45) is 29.6 Å². The molecular formula is C15H22BrNO. The third-order valence-corrected chi connectivity index (χ3v) is 6.50. The van der Waals surface area contributed by atoms with Gasteiger partial charge in [0.15, 0.2) is 0 Å². The second-order valence-electron chi connectivity index (χ2n) is 6.82. The molecular weight excluding hydrogens is 290 g/mol. The first-order chi connectivity index (χ1) is 8.81. The lowest BCUT2D eigenvalue weighted by atomic mass is 9.90. The van der Waals surface area contributed by atoms with E-state index in [0.29, 0.717) is 17.9 Å². The molecule has 2 bridgehead atoms. The molecule has 0 aromatic rings. The van der Waals surface area contributed by atoms with E-state index in [-0.39, 0.29) is 0 Å². The number of halogens is 1. The van der Waals surface area contributed by atoms with Crippen LogP contribution in [0.4, 0.5) is 0 Å². The average molecular weight is 312 g/mol. The Balaban J connectivity index is 1.46. The molecule has 0 spiro atoms. The van der Waals surface area contributed by atoms with Gasteiger partial charge in [0.25, 0.3) is 0 Å². The van der Waals surface area contributed by atoms with Crippen LogP contribution in [0.5, 0.6) is 0 Å². The fourth-order valence-corrected chi connectivity index (χ4v) is 5.49. The molecule has 0 aliphatic heterocycles. The first-order valence-corrected chi connectivity index (χ1v) is 8.80. The molecule has 0 radical (unpaired) electrons. The summed E-state index contributed by atoms with van der Waals surface area (Å²) in [6.45, 7) is 0.925. The first kappa shape index (κ1) is 11.7. The quantitative estimate of drug-likeness (QED) is 0.731. The number of hydrogen-bond donors (Lipinski definition) is 0. The molecule has 2 nitrogen and oxygen atoms in total. The van der Waals surface area contributed by atoms with Gasteiger partial charge in [-0.1, -0.05) is 15.9 Å². The van der Waals surface area contributed by atoms with Crippen LogP contribution in [0, 0.1) is 29.6 Å². The van der Waals surface area contributed by atoms with Gasteiger partial charge in [-0.05, 0) is 62.2 Å². The van der Waals surface area contributed by atoms with Crippen molar-refractivity contribution >= 4 is 21.8 Å². The van der Waals surface area contributed by atoms with Gasteiger partial charge in [0.2, 0.25) is 5.91 Å². The van der Waals surface area contributed by atoms with Gasteiger partial charge in [0, 0.05) is 23.8 Å². The Morgan fingerprint density at radius 2 is 1.78 bits per heavy atom. The summed E-state index contributed by atoms with van der Waals surface area (Å²) in [6, 6.07) is 0.578. The summed E-state index contributed by atoms with van der Waals surface area (Å²) in [5.74, 6) is 4.40. The highest BCUT2D eigenvalue weighted by Gasteiger charge is 2.68. The van der Waals surface area contributed by atoms with Gasteiger partial charge < -0.3 is 4.90 Å². The summed E-state index contributed by atoms with van der Waals surface area (Å²) in [5.41, 5.74) is 0. The van der Waals surface area contributed by atoms with E-state index >= 15 is 0 Å². The lowest BCUT2D eigenvalue weighted by molar-refractivity contribution is -0.137. The zero-order valence-corrected chi connectivity index (χ0v) is 12.4. The molecule has 0 heterocycles. The maximum absolute atomic E-state index is 12.8. The molecule has 4 saturated carbocycles. The molecule has 4 fully saturated rings. The first-order valence-electron chi connectivity index (χ1n) is 7.67. The molecule has 18 heavy (non-hydrogen) atoms. The zero-order valence-electron chi connectivity index (χ0n) is 10.9. The van der Waals surface area contributed by atoms with Gasteiger partial charge in [0.05, 0.1) is 0 Å². The van der Waals surface area contributed by atoms with Crippen LogP contribution in [0.25, 0.3) is 0 Å². The molecule has 3 heteroatoms. The minimum atomic E-state index is 0.441. The molecule has 4 unspecified atom stereocenters. The van der Waals surface area contributed by atoms with Crippen molar-refractivity contribution < 1.29 is 4.79 Å². The number of alkyl halides is 1. The van der Waals surface area contributed by atoms with Crippen LogP contribution in [0.3, 0.4) is 0 Å². The lowest BCUT2D eigenvalue weighted by Crippen LogP contribution is -2.46. The van der Waals surface area contributed by atoms with Crippen molar-refractivity contribution in [3.63, 3.8) is 0 Å². The molecule has 0 saturated heterocycles. The molecule has 4 rings (SSSR count). The molecule has 0 aromatic carbocycles. The molecule has 0 N–H and O–H groups in total. The van der Waals surface area contributed by atoms with Gasteiger partial charge in [-0.25, -0.2) is 0 Å². The predicted octanol–water partition coefficient (Wildman–Crippen LogP) is 3.05. The third-order valence-electron chi connectivity index (χ3n) is 6.14. The van der Waals surface area contributed by atoms with Gasteiger partial charge in [-0.2, -0.15) is 0 Å². The predicted molar refractivity (Wildman–Crippen MR) is 74.4 cm³/mol. The Kier molecular flexibility index (Phi) is 2.76. The zero-order chi connectivity index (χ0) is 12.3. The minimum Gasteiger partial charge on any atom is -0.339 e. The molecule has 4 aliphatic rings. The van der Waals surface area contributed by atoms with Crippen molar-refractivity contribution in [1.82, 2.24) is 4.90 Å². The highest BCUT2D eigenvalue weighted by Crippen LogP contribution is 2.69. The average Bonchev–Trinajstić information content (AvgIpc) is 2.73. The fraction of sp³-hybridized carbons (Fsp3) is 0.933. The van der Waals surface area contributed by atoms with Crippen LogP contribution in [0.1, 0.15) is 38.5 Å². The second-order valence-corrected chi connectivity index (χ2v) is 7.61. The van der Waals surface area contributed by atoms with Crippen LogP contribution in [-0.4, -0.2) is 28.7 Å². The Morgan fingerprint density at radius 3 is 2.28 bits per heavy atom. The summed E-state index contributed by atoms with van der Waals surface area (Å²) >= 11 is 3.51.